The molecule has 0 saturated heterocycles. The number of amides is 1. The molecule has 0 saturated carbocycles. The fraction of sp³-hybridized carbons (Fsp3) is 0.333. The smallest absolute Gasteiger partial charge is 0.272 e. The van der Waals surface area contributed by atoms with E-state index in [0.717, 1.165) is 21.2 Å². The van der Waals surface area contributed by atoms with E-state index in [4.69, 9.17) is 0 Å². The lowest BCUT2D eigenvalue weighted by Gasteiger charge is -2.18. The monoisotopic (exact) mass is 431 g/mol. The highest BCUT2D eigenvalue weighted by atomic mass is 32.2. The van der Waals surface area contributed by atoms with Crippen molar-refractivity contribution >= 4 is 43.2 Å². The fourth-order valence-corrected chi connectivity index (χ4v) is 5.98. The van der Waals surface area contributed by atoms with Gasteiger partial charge in [0.25, 0.3) is 10.0 Å². The summed E-state index contributed by atoms with van der Waals surface area (Å²) < 4.78 is 29.8. The number of benzene rings is 1. The van der Waals surface area contributed by atoms with E-state index in [1.807, 2.05) is 45.9 Å². The molecular formula is C21H25N3O3S2. The molecule has 0 spiro atoms. The van der Waals surface area contributed by atoms with E-state index in [-0.39, 0.29) is 22.4 Å². The molecule has 0 unspecified atom stereocenters. The Hall–Kier alpha value is -2.45. The van der Waals surface area contributed by atoms with Gasteiger partial charge >= 0.3 is 0 Å². The summed E-state index contributed by atoms with van der Waals surface area (Å²) in [6, 6.07) is 10.9. The van der Waals surface area contributed by atoms with Crippen molar-refractivity contribution in [2.45, 2.75) is 38.3 Å². The molecule has 2 aromatic heterocycles. The highest BCUT2D eigenvalue weighted by Crippen LogP contribution is 2.35. The van der Waals surface area contributed by atoms with Gasteiger partial charge in [-0.05, 0) is 56.8 Å². The van der Waals surface area contributed by atoms with E-state index in [9.17, 15) is 13.2 Å². The number of fused-ring (bicyclic) bond motifs is 1. The van der Waals surface area contributed by atoms with E-state index in [1.165, 1.54) is 11.3 Å². The second-order valence-electron chi connectivity index (χ2n) is 6.88. The number of thiophene rings is 1. The van der Waals surface area contributed by atoms with Crippen molar-refractivity contribution in [2.24, 2.45) is 0 Å². The molecule has 154 valence electrons. The number of carbonyl (C=O) groups excluding carboxylic acids is 1. The van der Waals surface area contributed by atoms with E-state index >= 15 is 0 Å². The summed E-state index contributed by atoms with van der Waals surface area (Å²) in [6.07, 6.45) is 0.137. The number of hydrogen-bond acceptors (Lipinski definition) is 5. The van der Waals surface area contributed by atoms with E-state index in [0.29, 0.717) is 18.8 Å². The molecule has 6 nitrogen and oxygen atoms in total. The number of rotatable bonds is 7. The zero-order valence-corrected chi connectivity index (χ0v) is 18.7. The number of hydrogen-bond donors (Lipinski definition) is 1. The van der Waals surface area contributed by atoms with Crippen molar-refractivity contribution in [1.82, 2.24) is 9.88 Å². The third-order valence-electron chi connectivity index (χ3n) is 4.79. The Bertz CT molecular complexity index is 1150. The van der Waals surface area contributed by atoms with Crippen LogP contribution in [0.25, 0.3) is 10.1 Å². The van der Waals surface area contributed by atoms with Crippen molar-refractivity contribution in [1.29, 1.82) is 0 Å². The number of nitrogens with one attached hydrogen (secondary N) is 1. The number of carbonyl (C=O) groups is 1. The summed E-state index contributed by atoms with van der Waals surface area (Å²) in [5, 5.41) is 0.946. The van der Waals surface area contributed by atoms with Crippen molar-refractivity contribution in [3.63, 3.8) is 0 Å². The lowest BCUT2D eigenvalue weighted by molar-refractivity contribution is -0.130. The van der Waals surface area contributed by atoms with Crippen LogP contribution in [0.4, 0.5) is 5.82 Å². The Kier molecular flexibility index (Phi) is 6.24. The average Bonchev–Trinajstić information content (AvgIpc) is 3.00. The lowest BCUT2D eigenvalue weighted by atomic mass is 10.1. The van der Waals surface area contributed by atoms with E-state index in [1.54, 1.807) is 23.1 Å². The van der Waals surface area contributed by atoms with Crippen LogP contribution >= 0.6 is 11.3 Å². The van der Waals surface area contributed by atoms with Crippen LogP contribution in [0.3, 0.4) is 0 Å². The van der Waals surface area contributed by atoms with Crippen molar-refractivity contribution < 1.29 is 13.2 Å². The Labute approximate surface area is 175 Å². The average molecular weight is 432 g/mol. The first kappa shape index (κ1) is 21.3. The normalized spacial score (nSPS) is 11.6. The molecule has 1 amide bonds. The van der Waals surface area contributed by atoms with Crippen LogP contribution < -0.4 is 4.72 Å². The van der Waals surface area contributed by atoms with Gasteiger partial charge in [-0.15, -0.1) is 11.3 Å². The van der Waals surface area contributed by atoms with Gasteiger partial charge in [0.1, 0.15) is 10.0 Å². The number of aromatic nitrogens is 1. The zero-order chi connectivity index (χ0) is 21.2. The summed E-state index contributed by atoms with van der Waals surface area (Å²) in [4.78, 5) is 18.4. The molecule has 0 radical (unpaired) electrons. The van der Waals surface area contributed by atoms with Crippen molar-refractivity contribution in [3.05, 3.63) is 53.2 Å². The minimum Gasteiger partial charge on any atom is -0.343 e. The topological polar surface area (TPSA) is 79.4 Å². The van der Waals surface area contributed by atoms with Crippen LogP contribution in [0.1, 0.15) is 30.7 Å². The first-order valence-corrected chi connectivity index (χ1v) is 11.8. The molecule has 8 heteroatoms. The van der Waals surface area contributed by atoms with Crippen LogP contribution in [-0.2, 0) is 21.2 Å². The molecule has 0 fully saturated rings. The summed E-state index contributed by atoms with van der Waals surface area (Å²) in [5.41, 5.74) is 2.35. The molecule has 3 rings (SSSR count). The molecule has 0 bridgehead atoms. The number of pyridine rings is 1. The van der Waals surface area contributed by atoms with Crippen LogP contribution in [0.2, 0.25) is 0 Å². The Morgan fingerprint density at radius 2 is 1.86 bits per heavy atom. The zero-order valence-electron chi connectivity index (χ0n) is 17.0. The van der Waals surface area contributed by atoms with Crippen LogP contribution in [0, 0.1) is 13.8 Å². The highest BCUT2D eigenvalue weighted by molar-refractivity contribution is 7.94. The number of likely N-dealkylation sites (N-methyl/N-ethyl adjacent to an activating group) is 1. The molecule has 2 heterocycles. The third-order valence-corrected chi connectivity index (χ3v) is 8.03. The SMILES string of the molecule is CCN(CC)C(=O)Cc1cccc(NS(=O)(=O)c2sc3ccc(C)cc3c2C)n1. The number of anilines is 1. The number of nitrogens with zero attached hydrogens (tertiary/aromatic N) is 2. The summed E-state index contributed by atoms with van der Waals surface area (Å²) >= 11 is 1.24. The Balaban J connectivity index is 1.86. The lowest BCUT2D eigenvalue weighted by Crippen LogP contribution is -2.32. The minimum atomic E-state index is -3.78. The highest BCUT2D eigenvalue weighted by Gasteiger charge is 2.22. The van der Waals surface area contributed by atoms with E-state index < -0.39 is 10.0 Å². The Morgan fingerprint density at radius 1 is 1.14 bits per heavy atom. The van der Waals surface area contributed by atoms with Gasteiger partial charge in [0.2, 0.25) is 5.91 Å². The molecule has 0 aliphatic heterocycles. The maximum absolute atomic E-state index is 13.0. The third kappa shape index (κ3) is 4.59. The largest absolute Gasteiger partial charge is 0.343 e. The predicted molar refractivity (Wildman–Crippen MR) is 118 cm³/mol. The molecule has 0 aliphatic carbocycles. The molecular weight excluding hydrogens is 406 g/mol. The molecule has 1 aromatic carbocycles. The van der Waals surface area contributed by atoms with E-state index in [2.05, 4.69) is 9.71 Å². The summed E-state index contributed by atoms with van der Waals surface area (Å²) in [7, 11) is -3.78. The maximum atomic E-state index is 13.0. The van der Waals surface area contributed by atoms with Crippen LogP contribution in [-0.4, -0.2) is 37.3 Å². The first-order chi connectivity index (χ1) is 13.7. The molecule has 1 N–H and O–H groups in total. The van der Waals surface area contributed by atoms with Crippen molar-refractivity contribution in [3.8, 4) is 0 Å². The van der Waals surface area contributed by atoms with Gasteiger partial charge in [-0.1, -0.05) is 23.8 Å². The maximum Gasteiger partial charge on any atom is 0.272 e. The number of aryl methyl sites for hydroxylation is 2. The van der Waals surface area contributed by atoms with Gasteiger partial charge in [-0.25, -0.2) is 13.4 Å². The second-order valence-corrected chi connectivity index (χ2v) is 9.81. The number of sulfonamides is 1. The first-order valence-electron chi connectivity index (χ1n) is 9.51. The molecule has 0 aliphatic rings. The predicted octanol–water partition coefficient (Wildman–Crippen LogP) is 4.12. The Morgan fingerprint density at radius 3 is 2.55 bits per heavy atom. The molecule has 0 atom stereocenters. The van der Waals surface area contributed by atoms with Gasteiger partial charge in [-0.2, -0.15) is 0 Å². The van der Waals surface area contributed by atoms with Gasteiger partial charge in [0, 0.05) is 17.8 Å². The minimum absolute atomic E-state index is 0.0294. The second kappa shape index (κ2) is 8.51. The van der Waals surface area contributed by atoms with Gasteiger partial charge in [0.15, 0.2) is 0 Å². The van der Waals surface area contributed by atoms with Gasteiger partial charge in [0.05, 0.1) is 12.1 Å². The van der Waals surface area contributed by atoms with Gasteiger partial charge in [-0.3, -0.25) is 9.52 Å². The van der Waals surface area contributed by atoms with Gasteiger partial charge < -0.3 is 4.90 Å². The summed E-state index contributed by atoms with van der Waals surface area (Å²) in [5.74, 6) is 0.182. The van der Waals surface area contributed by atoms with Crippen molar-refractivity contribution in [2.75, 3.05) is 17.8 Å². The molecule has 29 heavy (non-hydrogen) atoms. The summed E-state index contributed by atoms with van der Waals surface area (Å²) in [6.45, 7) is 8.92. The quantitative estimate of drug-likeness (QED) is 0.610. The fourth-order valence-electron chi connectivity index (χ4n) is 3.23. The van der Waals surface area contributed by atoms with Crippen LogP contribution in [0.15, 0.2) is 40.6 Å². The van der Waals surface area contributed by atoms with Crippen LogP contribution in [0.5, 0.6) is 0 Å². The standard InChI is InChI=1S/C21H25N3O3S2/c1-5-24(6-2)20(25)13-16-8-7-9-19(22-16)23-29(26,27)21-15(4)17-12-14(3)10-11-18(17)28-21/h7-12H,5-6,13H2,1-4H3,(H,22,23). The molecule has 3 aromatic rings.